The van der Waals surface area contributed by atoms with E-state index >= 15 is 0 Å². The average Bonchev–Trinajstić information content (AvgIpc) is 2.43. The fraction of sp³-hybridized carbons (Fsp3) is 1.00. The molecule has 2 nitrogen and oxygen atoms in total. The van der Waals surface area contributed by atoms with Gasteiger partial charge in [0.05, 0.1) is 6.10 Å². The van der Waals surface area contributed by atoms with Gasteiger partial charge in [0, 0.05) is 0 Å². The lowest BCUT2D eigenvalue weighted by Gasteiger charge is -1.82. The summed E-state index contributed by atoms with van der Waals surface area (Å²) >= 11 is 0. The van der Waals surface area contributed by atoms with Crippen LogP contribution in [0.4, 0.5) is 0 Å². The second-order valence-corrected chi connectivity index (χ2v) is 1.79. The highest BCUT2D eigenvalue weighted by Gasteiger charge is 2.34. The van der Waals surface area contributed by atoms with Crippen molar-refractivity contribution in [3.05, 3.63) is 0 Å². The zero-order chi connectivity index (χ0) is 5.28. The van der Waals surface area contributed by atoms with Crippen LogP contribution in [0.5, 0.6) is 0 Å². The van der Waals surface area contributed by atoms with Crippen LogP contribution in [-0.4, -0.2) is 19.4 Å². The van der Waals surface area contributed by atoms with E-state index in [0.717, 1.165) is 6.42 Å². The Kier molecular flexibility index (Phi) is 1.30. The van der Waals surface area contributed by atoms with Gasteiger partial charge in [0.25, 0.3) is 0 Å². The summed E-state index contributed by atoms with van der Waals surface area (Å²) in [5, 5.41) is 3.02. The molecule has 0 aromatic carbocycles. The van der Waals surface area contributed by atoms with E-state index in [4.69, 9.17) is 4.74 Å². The molecule has 0 saturated carbocycles. The van der Waals surface area contributed by atoms with Crippen molar-refractivity contribution in [3.63, 3.8) is 0 Å². The van der Waals surface area contributed by atoms with E-state index in [1.807, 2.05) is 7.05 Å². The third-order valence-corrected chi connectivity index (χ3v) is 1.27. The van der Waals surface area contributed by atoms with Gasteiger partial charge < -0.3 is 4.74 Å². The van der Waals surface area contributed by atoms with Gasteiger partial charge in [-0.15, -0.1) is 0 Å². The Morgan fingerprint density at radius 1 is 1.71 bits per heavy atom. The highest BCUT2D eigenvalue weighted by atomic mass is 16.6. The summed E-state index contributed by atoms with van der Waals surface area (Å²) in [5.74, 6) is 0. The van der Waals surface area contributed by atoms with Crippen molar-refractivity contribution in [2.75, 3.05) is 7.05 Å². The Bertz CT molecular complexity index is 57.1. The minimum absolute atomic E-state index is 0.366. The summed E-state index contributed by atoms with van der Waals surface area (Å²) in [7, 11) is 1.92. The molecule has 1 heterocycles. The molecule has 7 heavy (non-hydrogen) atoms. The van der Waals surface area contributed by atoms with Gasteiger partial charge in [-0.3, -0.25) is 5.32 Å². The second kappa shape index (κ2) is 1.80. The number of likely N-dealkylation sites (N-methyl/N-ethyl adjacent to an activating group) is 1. The van der Waals surface area contributed by atoms with Crippen LogP contribution >= 0.6 is 0 Å². The molecule has 2 unspecified atom stereocenters. The number of hydrogen-bond acceptors (Lipinski definition) is 2. The molecule has 0 aromatic rings. The molecule has 2 atom stereocenters. The van der Waals surface area contributed by atoms with Gasteiger partial charge in [-0.05, 0) is 13.5 Å². The van der Waals surface area contributed by atoms with Gasteiger partial charge in [0.1, 0.15) is 6.23 Å². The van der Waals surface area contributed by atoms with Crippen LogP contribution in [0, 0.1) is 0 Å². The molecule has 1 N–H and O–H groups in total. The molecular formula is C5H11NO. The van der Waals surface area contributed by atoms with Crippen LogP contribution in [-0.2, 0) is 4.74 Å². The number of epoxide rings is 1. The van der Waals surface area contributed by atoms with Crippen LogP contribution in [0.2, 0.25) is 0 Å². The lowest BCUT2D eigenvalue weighted by Crippen LogP contribution is -2.12. The summed E-state index contributed by atoms with van der Waals surface area (Å²) < 4.78 is 5.10. The van der Waals surface area contributed by atoms with E-state index in [0.29, 0.717) is 12.3 Å². The minimum Gasteiger partial charge on any atom is -0.353 e. The Morgan fingerprint density at radius 2 is 2.43 bits per heavy atom. The maximum absolute atomic E-state index is 5.10. The summed E-state index contributed by atoms with van der Waals surface area (Å²) in [5.41, 5.74) is 0. The van der Waals surface area contributed by atoms with Crippen molar-refractivity contribution in [1.29, 1.82) is 0 Å². The number of ether oxygens (including phenoxy) is 1. The molecule has 0 radical (unpaired) electrons. The summed E-state index contributed by atoms with van der Waals surface area (Å²) in [6.07, 6.45) is 2.00. The quantitative estimate of drug-likeness (QED) is 0.507. The third-order valence-electron chi connectivity index (χ3n) is 1.27. The van der Waals surface area contributed by atoms with Crippen LogP contribution in [0.15, 0.2) is 0 Å². The first-order valence-corrected chi connectivity index (χ1v) is 2.71. The SMILES string of the molecule is CCC1OC1NC. The molecule has 2 heteroatoms. The first kappa shape index (κ1) is 5.06. The molecule has 1 fully saturated rings. The highest BCUT2D eigenvalue weighted by Crippen LogP contribution is 2.20. The minimum atomic E-state index is 0.366. The zero-order valence-corrected chi connectivity index (χ0v) is 4.77. The largest absolute Gasteiger partial charge is 0.353 e. The van der Waals surface area contributed by atoms with Gasteiger partial charge in [-0.1, -0.05) is 6.92 Å². The smallest absolute Gasteiger partial charge is 0.135 e. The van der Waals surface area contributed by atoms with Crippen molar-refractivity contribution in [2.24, 2.45) is 0 Å². The maximum Gasteiger partial charge on any atom is 0.135 e. The fourth-order valence-electron chi connectivity index (χ4n) is 0.707. The Labute approximate surface area is 43.9 Å². The molecular weight excluding hydrogens is 90.1 g/mol. The molecule has 0 spiro atoms. The van der Waals surface area contributed by atoms with Crippen molar-refractivity contribution >= 4 is 0 Å². The number of nitrogens with one attached hydrogen (secondary N) is 1. The number of hydrogen-bond donors (Lipinski definition) is 1. The van der Waals surface area contributed by atoms with Crippen LogP contribution in [0.1, 0.15) is 13.3 Å². The van der Waals surface area contributed by atoms with Gasteiger partial charge in [-0.25, -0.2) is 0 Å². The van der Waals surface area contributed by atoms with Crippen LogP contribution in [0.3, 0.4) is 0 Å². The third kappa shape index (κ3) is 0.924. The monoisotopic (exact) mass is 101 g/mol. The lowest BCUT2D eigenvalue weighted by molar-refractivity contribution is 0.351. The molecule has 0 aliphatic carbocycles. The van der Waals surface area contributed by atoms with Crippen molar-refractivity contribution in [2.45, 2.75) is 25.7 Å². The molecule has 0 amide bonds. The van der Waals surface area contributed by atoms with E-state index in [9.17, 15) is 0 Å². The maximum atomic E-state index is 5.10. The molecule has 42 valence electrons. The van der Waals surface area contributed by atoms with Crippen molar-refractivity contribution < 1.29 is 4.74 Å². The first-order chi connectivity index (χ1) is 3.38. The Hall–Kier alpha value is -0.0800. The predicted octanol–water partition coefficient (Wildman–Crippen LogP) is 0.341. The van der Waals surface area contributed by atoms with Crippen LogP contribution in [0.25, 0.3) is 0 Å². The topological polar surface area (TPSA) is 24.6 Å². The first-order valence-electron chi connectivity index (χ1n) is 2.71. The van der Waals surface area contributed by atoms with Crippen LogP contribution < -0.4 is 5.32 Å². The van der Waals surface area contributed by atoms with Gasteiger partial charge in [0.15, 0.2) is 0 Å². The second-order valence-electron chi connectivity index (χ2n) is 1.79. The molecule has 0 aromatic heterocycles. The van der Waals surface area contributed by atoms with E-state index in [1.165, 1.54) is 0 Å². The van der Waals surface area contributed by atoms with E-state index < -0.39 is 0 Å². The zero-order valence-electron chi connectivity index (χ0n) is 4.77. The molecule has 1 rings (SSSR count). The van der Waals surface area contributed by atoms with Gasteiger partial charge in [-0.2, -0.15) is 0 Å². The summed E-state index contributed by atoms with van der Waals surface area (Å²) in [6.45, 7) is 2.13. The summed E-state index contributed by atoms with van der Waals surface area (Å²) in [4.78, 5) is 0. The van der Waals surface area contributed by atoms with Crippen molar-refractivity contribution in [3.8, 4) is 0 Å². The van der Waals surface area contributed by atoms with E-state index in [-0.39, 0.29) is 0 Å². The van der Waals surface area contributed by atoms with Gasteiger partial charge >= 0.3 is 0 Å². The fourth-order valence-corrected chi connectivity index (χ4v) is 0.707. The molecule has 1 aliphatic heterocycles. The molecule has 0 bridgehead atoms. The van der Waals surface area contributed by atoms with E-state index in [1.54, 1.807) is 0 Å². The lowest BCUT2D eigenvalue weighted by atomic mass is 10.3. The Morgan fingerprint density at radius 3 is 2.57 bits per heavy atom. The average molecular weight is 101 g/mol. The molecule has 1 aliphatic rings. The van der Waals surface area contributed by atoms with Gasteiger partial charge in [0.2, 0.25) is 0 Å². The predicted molar refractivity (Wildman–Crippen MR) is 28.0 cm³/mol. The standard InChI is InChI=1S/C5H11NO/c1-3-4-5(6-2)7-4/h4-6H,3H2,1-2H3. The Balaban J connectivity index is 2.06. The van der Waals surface area contributed by atoms with Crippen molar-refractivity contribution in [1.82, 2.24) is 5.32 Å². The molecule has 1 saturated heterocycles. The van der Waals surface area contributed by atoms with E-state index in [2.05, 4.69) is 12.2 Å². The summed E-state index contributed by atoms with van der Waals surface area (Å²) in [6, 6.07) is 0. The highest BCUT2D eigenvalue weighted by molar-refractivity contribution is 4.78. The number of rotatable bonds is 2. The normalized spacial score (nSPS) is 38.6.